The van der Waals surface area contributed by atoms with Gasteiger partial charge in [0.1, 0.15) is 13.2 Å². The number of ether oxygens (including phenoxy) is 1. The minimum atomic E-state index is -0.308. The number of pyridine rings is 1. The Bertz CT molecular complexity index is 372. The molecule has 1 amide bonds. The van der Waals surface area contributed by atoms with Crippen LogP contribution in [0.4, 0.5) is 4.79 Å². The van der Waals surface area contributed by atoms with E-state index in [4.69, 9.17) is 4.74 Å². The second kappa shape index (κ2) is 5.66. The Labute approximate surface area is 103 Å². The molecular weight excluding hydrogens is 216 g/mol. The van der Waals surface area contributed by atoms with Gasteiger partial charge in [-0.25, -0.2) is 9.36 Å². The molecule has 0 saturated heterocycles. The van der Waals surface area contributed by atoms with E-state index in [0.717, 1.165) is 5.56 Å². The van der Waals surface area contributed by atoms with E-state index in [-0.39, 0.29) is 18.1 Å². The fourth-order valence-electron chi connectivity index (χ4n) is 1.51. The van der Waals surface area contributed by atoms with E-state index < -0.39 is 0 Å². The standard InChI is InChI=1S/C13H21N2O2/c1-10(2)12(17-13(16)14(3)4)11-6-8-15(5)9-7-11/h6-10,12H,1-5H3/q+1. The van der Waals surface area contributed by atoms with Gasteiger partial charge >= 0.3 is 6.09 Å². The van der Waals surface area contributed by atoms with Crippen LogP contribution in [-0.4, -0.2) is 25.1 Å². The number of aryl methyl sites for hydroxylation is 1. The zero-order chi connectivity index (χ0) is 13.0. The van der Waals surface area contributed by atoms with E-state index in [1.165, 1.54) is 4.90 Å². The van der Waals surface area contributed by atoms with Gasteiger partial charge in [-0.3, -0.25) is 0 Å². The Morgan fingerprint density at radius 2 is 1.82 bits per heavy atom. The van der Waals surface area contributed by atoms with Crippen LogP contribution in [0.1, 0.15) is 25.5 Å². The van der Waals surface area contributed by atoms with Gasteiger partial charge in [0.15, 0.2) is 12.4 Å². The summed E-state index contributed by atoms with van der Waals surface area (Å²) in [4.78, 5) is 13.0. The first-order valence-electron chi connectivity index (χ1n) is 5.75. The first-order valence-corrected chi connectivity index (χ1v) is 5.75. The molecule has 0 aliphatic rings. The molecular formula is C13H21N2O2+. The Hall–Kier alpha value is -1.58. The molecule has 0 aliphatic carbocycles. The molecule has 0 aromatic carbocycles. The van der Waals surface area contributed by atoms with Gasteiger partial charge in [0.05, 0.1) is 0 Å². The quantitative estimate of drug-likeness (QED) is 0.752. The number of aromatic nitrogens is 1. The van der Waals surface area contributed by atoms with Gasteiger partial charge < -0.3 is 9.64 Å². The summed E-state index contributed by atoms with van der Waals surface area (Å²) < 4.78 is 7.43. The molecule has 4 heteroatoms. The fraction of sp³-hybridized carbons (Fsp3) is 0.538. The summed E-state index contributed by atoms with van der Waals surface area (Å²) in [5, 5.41) is 0. The molecule has 0 bridgehead atoms. The van der Waals surface area contributed by atoms with Crippen LogP contribution >= 0.6 is 0 Å². The summed E-state index contributed by atoms with van der Waals surface area (Å²) in [7, 11) is 5.33. The zero-order valence-corrected chi connectivity index (χ0v) is 11.2. The monoisotopic (exact) mass is 237 g/mol. The molecule has 0 aliphatic heterocycles. The smallest absolute Gasteiger partial charge is 0.409 e. The molecule has 1 unspecified atom stereocenters. The lowest BCUT2D eigenvalue weighted by molar-refractivity contribution is -0.671. The van der Waals surface area contributed by atoms with Crippen molar-refractivity contribution in [1.29, 1.82) is 0 Å². The summed E-state index contributed by atoms with van der Waals surface area (Å²) >= 11 is 0. The number of hydrogen-bond donors (Lipinski definition) is 0. The molecule has 1 aromatic heterocycles. The summed E-state index contributed by atoms with van der Waals surface area (Å²) in [5.74, 6) is 0.242. The molecule has 0 saturated carbocycles. The zero-order valence-electron chi connectivity index (χ0n) is 11.2. The second-order valence-electron chi connectivity index (χ2n) is 4.74. The van der Waals surface area contributed by atoms with Crippen molar-refractivity contribution in [3.05, 3.63) is 30.1 Å². The van der Waals surface area contributed by atoms with Gasteiger partial charge in [-0.05, 0) is 5.92 Å². The van der Waals surface area contributed by atoms with Gasteiger partial charge in [0.2, 0.25) is 0 Å². The predicted molar refractivity (Wildman–Crippen MR) is 65.4 cm³/mol. The third-order valence-electron chi connectivity index (χ3n) is 2.53. The molecule has 4 nitrogen and oxygen atoms in total. The Morgan fingerprint density at radius 1 is 1.29 bits per heavy atom. The maximum absolute atomic E-state index is 11.6. The van der Waals surface area contributed by atoms with Crippen LogP contribution in [0.25, 0.3) is 0 Å². The number of carbonyl (C=O) groups excluding carboxylic acids is 1. The number of rotatable bonds is 3. The number of nitrogens with zero attached hydrogens (tertiary/aromatic N) is 2. The van der Waals surface area contributed by atoms with E-state index in [1.807, 2.05) is 50.0 Å². The SMILES string of the molecule is CC(C)C(OC(=O)N(C)C)c1cc[n+](C)cc1. The summed E-state index contributed by atoms with van der Waals surface area (Å²) in [6.07, 6.45) is 3.39. The lowest BCUT2D eigenvalue weighted by Gasteiger charge is -2.23. The highest BCUT2D eigenvalue weighted by atomic mass is 16.6. The van der Waals surface area contributed by atoms with Gasteiger partial charge in [-0.1, -0.05) is 13.8 Å². The highest BCUT2D eigenvalue weighted by molar-refractivity contribution is 5.67. The van der Waals surface area contributed by atoms with Crippen molar-refractivity contribution in [2.45, 2.75) is 20.0 Å². The number of amides is 1. The van der Waals surface area contributed by atoms with Crippen molar-refractivity contribution >= 4 is 6.09 Å². The Morgan fingerprint density at radius 3 is 2.24 bits per heavy atom. The first-order chi connectivity index (χ1) is 7.91. The average Bonchev–Trinajstić information content (AvgIpc) is 2.26. The Kier molecular flexibility index (Phi) is 4.49. The van der Waals surface area contributed by atoms with Crippen LogP contribution < -0.4 is 4.57 Å². The lowest BCUT2D eigenvalue weighted by Crippen LogP contribution is -2.29. The average molecular weight is 237 g/mol. The molecule has 1 atom stereocenters. The second-order valence-corrected chi connectivity index (χ2v) is 4.74. The van der Waals surface area contributed by atoms with E-state index in [9.17, 15) is 4.79 Å². The molecule has 1 rings (SSSR count). The molecule has 0 radical (unpaired) electrons. The van der Waals surface area contributed by atoms with Crippen molar-refractivity contribution in [1.82, 2.24) is 4.90 Å². The van der Waals surface area contributed by atoms with Crippen LogP contribution in [0.5, 0.6) is 0 Å². The van der Waals surface area contributed by atoms with Crippen molar-refractivity contribution in [2.75, 3.05) is 14.1 Å². The number of hydrogen-bond acceptors (Lipinski definition) is 2. The van der Waals surface area contributed by atoms with Crippen LogP contribution in [0.15, 0.2) is 24.5 Å². The maximum atomic E-state index is 11.6. The number of carbonyl (C=O) groups is 1. The molecule has 0 N–H and O–H groups in total. The van der Waals surface area contributed by atoms with Crippen molar-refractivity contribution in [2.24, 2.45) is 13.0 Å². The van der Waals surface area contributed by atoms with Crippen molar-refractivity contribution in [3.63, 3.8) is 0 Å². The Balaban J connectivity index is 2.86. The highest BCUT2D eigenvalue weighted by Crippen LogP contribution is 2.25. The van der Waals surface area contributed by atoms with Crippen LogP contribution in [-0.2, 0) is 11.8 Å². The van der Waals surface area contributed by atoms with E-state index in [1.54, 1.807) is 14.1 Å². The third kappa shape index (κ3) is 3.73. The van der Waals surface area contributed by atoms with Crippen LogP contribution in [0.3, 0.4) is 0 Å². The predicted octanol–water partition coefficient (Wildman–Crippen LogP) is 1.91. The molecule has 94 valence electrons. The minimum Gasteiger partial charge on any atom is -0.441 e. The summed E-state index contributed by atoms with van der Waals surface area (Å²) in [5.41, 5.74) is 1.02. The van der Waals surface area contributed by atoms with Gasteiger partial charge in [0, 0.05) is 31.8 Å². The fourth-order valence-corrected chi connectivity index (χ4v) is 1.51. The molecule has 0 fully saturated rings. The van der Waals surface area contributed by atoms with Crippen molar-refractivity contribution in [3.8, 4) is 0 Å². The minimum absolute atomic E-state index is 0.203. The summed E-state index contributed by atoms with van der Waals surface area (Å²) in [6, 6.07) is 3.96. The van der Waals surface area contributed by atoms with E-state index in [2.05, 4.69) is 0 Å². The lowest BCUT2D eigenvalue weighted by atomic mass is 10.00. The van der Waals surface area contributed by atoms with Crippen LogP contribution in [0, 0.1) is 5.92 Å². The van der Waals surface area contributed by atoms with E-state index in [0.29, 0.717) is 0 Å². The van der Waals surface area contributed by atoms with Crippen LogP contribution in [0.2, 0.25) is 0 Å². The maximum Gasteiger partial charge on any atom is 0.409 e. The molecule has 1 aromatic rings. The van der Waals surface area contributed by atoms with Crippen molar-refractivity contribution < 1.29 is 14.1 Å². The highest BCUT2D eigenvalue weighted by Gasteiger charge is 2.22. The molecule has 1 heterocycles. The van der Waals surface area contributed by atoms with Gasteiger partial charge in [-0.15, -0.1) is 0 Å². The largest absolute Gasteiger partial charge is 0.441 e. The molecule has 17 heavy (non-hydrogen) atoms. The van der Waals surface area contributed by atoms with Gasteiger partial charge in [0.25, 0.3) is 0 Å². The first kappa shape index (κ1) is 13.5. The topological polar surface area (TPSA) is 33.4 Å². The van der Waals surface area contributed by atoms with Gasteiger partial charge in [-0.2, -0.15) is 0 Å². The van der Waals surface area contributed by atoms with E-state index >= 15 is 0 Å². The summed E-state index contributed by atoms with van der Waals surface area (Å²) in [6.45, 7) is 4.08. The normalized spacial score (nSPS) is 12.4. The third-order valence-corrected chi connectivity index (χ3v) is 2.53. The molecule has 0 spiro atoms.